The Hall–Kier alpha value is -0.0500. The summed E-state index contributed by atoms with van der Waals surface area (Å²) in [5.74, 6) is 0.943. The second kappa shape index (κ2) is 4.65. The maximum absolute atomic E-state index is 5.58. The van der Waals surface area contributed by atoms with Crippen molar-refractivity contribution in [3.05, 3.63) is 11.6 Å². The molecule has 0 aromatic rings. The summed E-state index contributed by atoms with van der Waals surface area (Å²) in [6.07, 6.45) is 4.89. The van der Waals surface area contributed by atoms with E-state index in [4.69, 9.17) is 11.6 Å². The van der Waals surface area contributed by atoms with Gasteiger partial charge in [0.1, 0.15) is 0 Å². The van der Waals surface area contributed by atoms with Crippen LogP contribution in [0.25, 0.3) is 0 Å². The van der Waals surface area contributed by atoms with E-state index in [1.54, 1.807) is 5.54 Å². The van der Waals surface area contributed by atoms with Crippen LogP contribution in [0.2, 0.25) is 0 Å². The van der Waals surface area contributed by atoms with Gasteiger partial charge in [0.15, 0.2) is 0 Å². The van der Waals surface area contributed by atoms with E-state index in [0.29, 0.717) is 6.04 Å². The minimum Gasteiger partial charge on any atom is -0.311 e. The summed E-state index contributed by atoms with van der Waals surface area (Å²) in [6.45, 7) is 5.57. The minimum atomic E-state index is 0.619. The average Bonchev–Trinajstić information content (AvgIpc) is 2.98. The minimum absolute atomic E-state index is 0.619. The van der Waals surface area contributed by atoms with Crippen molar-refractivity contribution in [3.8, 4) is 0 Å². The highest BCUT2D eigenvalue weighted by Gasteiger charge is 2.37. The van der Waals surface area contributed by atoms with E-state index in [1.165, 1.54) is 12.8 Å². The molecule has 14 heavy (non-hydrogen) atoms. The van der Waals surface area contributed by atoms with E-state index in [2.05, 4.69) is 23.2 Å². The molecule has 2 aliphatic rings. The smallest absolute Gasteiger partial charge is 0.0252 e. The Morgan fingerprint density at radius 2 is 2.29 bits per heavy atom. The fourth-order valence-corrected chi connectivity index (χ4v) is 2.41. The van der Waals surface area contributed by atoms with Gasteiger partial charge in [0.05, 0.1) is 0 Å². The van der Waals surface area contributed by atoms with Gasteiger partial charge in [-0.3, -0.25) is 4.90 Å². The van der Waals surface area contributed by atoms with Crippen LogP contribution in [-0.2, 0) is 0 Å². The highest BCUT2D eigenvalue weighted by atomic mass is 35.5. The lowest BCUT2D eigenvalue weighted by atomic mass is 10.1. The molecule has 80 valence electrons. The summed E-state index contributed by atoms with van der Waals surface area (Å²) in [4.78, 5) is 2.57. The first-order valence-electron chi connectivity index (χ1n) is 5.54. The first kappa shape index (κ1) is 10.5. The van der Waals surface area contributed by atoms with E-state index >= 15 is 0 Å². The fraction of sp³-hybridized carbons (Fsp3) is 0.818. The zero-order valence-electron chi connectivity index (χ0n) is 8.75. The number of nitrogens with zero attached hydrogens (tertiary/aromatic N) is 1. The van der Waals surface area contributed by atoms with Crippen molar-refractivity contribution in [2.45, 2.75) is 31.8 Å². The lowest BCUT2D eigenvalue weighted by Crippen LogP contribution is -2.56. The van der Waals surface area contributed by atoms with Gasteiger partial charge in [0.25, 0.3) is 0 Å². The van der Waals surface area contributed by atoms with Gasteiger partial charge in [-0.25, -0.2) is 0 Å². The van der Waals surface area contributed by atoms with Crippen molar-refractivity contribution in [3.63, 3.8) is 0 Å². The van der Waals surface area contributed by atoms with E-state index in [9.17, 15) is 0 Å². The summed E-state index contributed by atoms with van der Waals surface area (Å²) in [6, 6.07) is 1.37. The van der Waals surface area contributed by atoms with Crippen LogP contribution in [0.1, 0.15) is 19.8 Å². The Morgan fingerprint density at radius 1 is 1.50 bits per heavy atom. The Bertz CT molecular complexity index is 213. The van der Waals surface area contributed by atoms with Gasteiger partial charge in [-0.2, -0.15) is 0 Å². The SMILES string of the molecule is CC1CN(C/C=C/Cl)C(C2CC2)CN1. The maximum Gasteiger partial charge on any atom is 0.0252 e. The fourth-order valence-electron chi connectivity index (χ4n) is 2.33. The van der Waals surface area contributed by atoms with E-state index in [-0.39, 0.29) is 0 Å². The summed E-state index contributed by atoms with van der Waals surface area (Å²) in [5, 5.41) is 3.56. The van der Waals surface area contributed by atoms with E-state index in [0.717, 1.165) is 31.6 Å². The Kier molecular flexibility index (Phi) is 3.47. The van der Waals surface area contributed by atoms with Gasteiger partial charge in [-0.15, -0.1) is 0 Å². The third-order valence-electron chi connectivity index (χ3n) is 3.25. The molecule has 0 aromatic heterocycles. The summed E-state index contributed by atoms with van der Waals surface area (Å²) >= 11 is 5.58. The number of rotatable bonds is 3. The molecule has 2 nitrogen and oxygen atoms in total. The van der Waals surface area contributed by atoms with E-state index in [1.807, 2.05) is 0 Å². The normalized spacial score (nSPS) is 35.3. The molecule has 0 bridgehead atoms. The number of hydrogen-bond donors (Lipinski definition) is 1. The molecule has 0 radical (unpaired) electrons. The van der Waals surface area contributed by atoms with Crippen LogP contribution < -0.4 is 5.32 Å². The molecule has 2 fully saturated rings. The monoisotopic (exact) mass is 214 g/mol. The molecule has 3 heteroatoms. The van der Waals surface area contributed by atoms with Gasteiger partial charge in [-0.1, -0.05) is 17.7 Å². The van der Waals surface area contributed by atoms with Crippen molar-refractivity contribution in [2.24, 2.45) is 5.92 Å². The number of halogens is 1. The third-order valence-corrected chi connectivity index (χ3v) is 3.43. The Labute approximate surface area is 91.3 Å². The maximum atomic E-state index is 5.58. The van der Waals surface area contributed by atoms with Gasteiger partial charge in [-0.05, 0) is 25.7 Å². The second-order valence-corrected chi connectivity index (χ2v) is 4.78. The molecule has 2 rings (SSSR count). The quantitative estimate of drug-likeness (QED) is 0.771. The number of hydrogen-bond acceptors (Lipinski definition) is 2. The van der Waals surface area contributed by atoms with E-state index < -0.39 is 0 Å². The van der Waals surface area contributed by atoms with Gasteiger partial charge in [0, 0.05) is 37.3 Å². The molecule has 1 aliphatic heterocycles. The molecular weight excluding hydrogens is 196 g/mol. The zero-order valence-corrected chi connectivity index (χ0v) is 9.50. The van der Waals surface area contributed by atoms with Gasteiger partial charge < -0.3 is 5.32 Å². The molecule has 2 unspecified atom stereocenters. The highest BCUT2D eigenvalue weighted by Crippen LogP contribution is 2.36. The number of nitrogens with one attached hydrogen (secondary N) is 1. The van der Waals surface area contributed by atoms with Crippen molar-refractivity contribution in [1.29, 1.82) is 0 Å². The van der Waals surface area contributed by atoms with Crippen molar-refractivity contribution >= 4 is 11.6 Å². The van der Waals surface area contributed by atoms with Crippen LogP contribution in [0.3, 0.4) is 0 Å². The first-order valence-corrected chi connectivity index (χ1v) is 5.97. The lowest BCUT2D eigenvalue weighted by molar-refractivity contribution is 0.134. The molecule has 1 heterocycles. The first-order chi connectivity index (χ1) is 6.81. The molecule has 2 atom stereocenters. The molecule has 1 N–H and O–H groups in total. The predicted octanol–water partition coefficient (Wildman–Crippen LogP) is 1.81. The summed E-state index contributed by atoms with van der Waals surface area (Å²) in [5.41, 5.74) is 1.64. The molecule has 0 spiro atoms. The summed E-state index contributed by atoms with van der Waals surface area (Å²) < 4.78 is 0. The second-order valence-electron chi connectivity index (χ2n) is 4.53. The zero-order chi connectivity index (χ0) is 9.97. The van der Waals surface area contributed by atoms with Gasteiger partial charge in [0.2, 0.25) is 0 Å². The standard InChI is InChI=1S/C11H19ClN2/c1-9-8-14(6-2-5-12)11(7-13-9)10-3-4-10/h2,5,9-11,13H,3-4,6-8H2,1H3/b5-2+. The lowest BCUT2D eigenvalue weighted by Gasteiger charge is -2.39. The summed E-state index contributed by atoms with van der Waals surface area (Å²) in [7, 11) is 0. The molecule has 0 amide bonds. The van der Waals surface area contributed by atoms with Gasteiger partial charge >= 0.3 is 0 Å². The van der Waals surface area contributed by atoms with Crippen LogP contribution in [0.4, 0.5) is 0 Å². The molecule has 1 saturated carbocycles. The predicted molar refractivity (Wildman–Crippen MR) is 60.5 cm³/mol. The average molecular weight is 215 g/mol. The van der Waals surface area contributed by atoms with Crippen LogP contribution >= 0.6 is 11.6 Å². The van der Waals surface area contributed by atoms with Crippen LogP contribution in [0.15, 0.2) is 11.6 Å². The van der Waals surface area contributed by atoms with Crippen molar-refractivity contribution in [1.82, 2.24) is 10.2 Å². The molecule has 1 aliphatic carbocycles. The Morgan fingerprint density at radius 3 is 2.93 bits per heavy atom. The Balaban J connectivity index is 1.91. The molecule has 1 saturated heterocycles. The van der Waals surface area contributed by atoms with Crippen LogP contribution in [-0.4, -0.2) is 36.6 Å². The van der Waals surface area contributed by atoms with Crippen LogP contribution in [0.5, 0.6) is 0 Å². The van der Waals surface area contributed by atoms with Crippen molar-refractivity contribution in [2.75, 3.05) is 19.6 Å². The topological polar surface area (TPSA) is 15.3 Å². The largest absolute Gasteiger partial charge is 0.311 e. The molecular formula is C11H19ClN2. The molecule has 0 aromatic carbocycles. The third kappa shape index (κ3) is 2.50. The number of piperazine rings is 1. The van der Waals surface area contributed by atoms with Crippen molar-refractivity contribution < 1.29 is 0 Å². The van der Waals surface area contributed by atoms with Crippen LogP contribution in [0, 0.1) is 5.92 Å². The highest BCUT2D eigenvalue weighted by molar-refractivity contribution is 6.25.